The van der Waals surface area contributed by atoms with E-state index in [0.29, 0.717) is 22.5 Å². The number of fused-ring (bicyclic) bond motifs is 1. The Balaban J connectivity index is 1.44. The number of carbonyl (C=O) groups excluding carboxylic acids is 1. The van der Waals surface area contributed by atoms with Gasteiger partial charge in [-0.15, -0.1) is 10.2 Å². The fraction of sp³-hybridized carbons (Fsp3) is 0.125. The van der Waals surface area contributed by atoms with Gasteiger partial charge in [0, 0.05) is 23.0 Å². The molecular weight excluding hydrogens is 462 g/mol. The standard InChI is InChI=1S/C24H18F2N4O3S/c1-14(23(31)27-16-8-9-18(25)19(26)12-16)34-24-29-28-22(30(24)17-5-3-2-4-6-17)15-7-10-20-21(11-15)33-13-32-20/h2-12,14H,13H2,1H3,(H,27,31)/t14-/m0/s1. The first-order valence-corrected chi connectivity index (χ1v) is 11.2. The highest BCUT2D eigenvalue weighted by Gasteiger charge is 2.23. The Kier molecular flexibility index (Phi) is 5.89. The molecule has 3 aromatic carbocycles. The molecule has 1 aromatic heterocycles. The van der Waals surface area contributed by atoms with E-state index >= 15 is 0 Å². The lowest BCUT2D eigenvalue weighted by Crippen LogP contribution is -2.23. The molecule has 5 rings (SSSR count). The van der Waals surface area contributed by atoms with Gasteiger partial charge < -0.3 is 14.8 Å². The highest BCUT2D eigenvalue weighted by molar-refractivity contribution is 8.00. The molecule has 10 heteroatoms. The van der Waals surface area contributed by atoms with Gasteiger partial charge in [-0.1, -0.05) is 30.0 Å². The Hall–Kier alpha value is -3.92. The van der Waals surface area contributed by atoms with Crippen molar-refractivity contribution in [1.82, 2.24) is 14.8 Å². The van der Waals surface area contributed by atoms with Gasteiger partial charge in [0.1, 0.15) is 0 Å². The molecule has 1 N–H and O–H groups in total. The van der Waals surface area contributed by atoms with Crippen LogP contribution in [-0.4, -0.2) is 32.7 Å². The topological polar surface area (TPSA) is 78.3 Å². The molecule has 0 spiro atoms. The number of para-hydroxylation sites is 1. The number of rotatable bonds is 6. The Labute approximate surface area is 197 Å². The number of ether oxygens (including phenoxy) is 2. The van der Waals surface area contributed by atoms with Crippen molar-refractivity contribution in [1.29, 1.82) is 0 Å². The highest BCUT2D eigenvalue weighted by Crippen LogP contribution is 2.37. The number of nitrogens with one attached hydrogen (secondary N) is 1. The van der Waals surface area contributed by atoms with Crippen molar-refractivity contribution < 1.29 is 23.0 Å². The molecule has 0 unspecified atom stereocenters. The molecular formula is C24H18F2N4O3S. The molecule has 0 bridgehead atoms. The van der Waals surface area contributed by atoms with Crippen LogP contribution in [0.3, 0.4) is 0 Å². The molecule has 0 aliphatic carbocycles. The third-order valence-corrected chi connectivity index (χ3v) is 6.16. The predicted molar refractivity (Wildman–Crippen MR) is 123 cm³/mol. The molecule has 0 saturated heterocycles. The molecule has 0 fully saturated rings. The van der Waals surface area contributed by atoms with Crippen LogP contribution in [0.5, 0.6) is 11.5 Å². The van der Waals surface area contributed by atoms with Crippen LogP contribution in [-0.2, 0) is 4.79 Å². The molecule has 34 heavy (non-hydrogen) atoms. The minimum absolute atomic E-state index is 0.163. The number of aromatic nitrogens is 3. The summed E-state index contributed by atoms with van der Waals surface area (Å²) in [6.45, 7) is 1.86. The Bertz CT molecular complexity index is 1360. The van der Waals surface area contributed by atoms with Gasteiger partial charge >= 0.3 is 0 Å². The van der Waals surface area contributed by atoms with Crippen LogP contribution in [0.2, 0.25) is 0 Å². The maximum absolute atomic E-state index is 13.5. The van der Waals surface area contributed by atoms with Crippen LogP contribution in [0.4, 0.5) is 14.5 Å². The third kappa shape index (κ3) is 4.32. The predicted octanol–water partition coefficient (Wildman–Crippen LogP) is 5.06. The number of nitrogens with zero attached hydrogens (tertiary/aromatic N) is 3. The average molecular weight is 480 g/mol. The van der Waals surface area contributed by atoms with Gasteiger partial charge in [0.15, 0.2) is 34.1 Å². The van der Waals surface area contributed by atoms with Crippen LogP contribution >= 0.6 is 11.8 Å². The fourth-order valence-electron chi connectivity index (χ4n) is 3.41. The maximum Gasteiger partial charge on any atom is 0.237 e. The second-order valence-corrected chi connectivity index (χ2v) is 8.73. The van der Waals surface area contributed by atoms with E-state index in [0.717, 1.165) is 23.4 Å². The zero-order valence-corrected chi connectivity index (χ0v) is 18.7. The Morgan fingerprint density at radius 1 is 1.00 bits per heavy atom. The van der Waals surface area contributed by atoms with Gasteiger partial charge in [0.25, 0.3) is 0 Å². The lowest BCUT2D eigenvalue weighted by atomic mass is 10.2. The molecule has 0 saturated carbocycles. The third-order valence-electron chi connectivity index (χ3n) is 5.12. The van der Waals surface area contributed by atoms with Crippen LogP contribution < -0.4 is 14.8 Å². The van der Waals surface area contributed by atoms with E-state index in [2.05, 4.69) is 15.5 Å². The summed E-state index contributed by atoms with van der Waals surface area (Å²) < 4.78 is 39.4. The Morgan fingerprint density at radius 2 is 1.79 bits per heavy atom. The van der Waals surface area contributed by atoms with E-state index < -0.39 is 16.9 Å². The minimum Gasteiger partial charge on any atom is -0.454 e. The van der Waals surface area contributed by atoms with Crippen molar-refractivity contribution in [2.45, 2.75) is 17.3 Å². The van der Waals surface area contributed by atoms with Crippen LogP contribution in [0.1, 0.15) is 6.92 Å². The minimum atomic E-state index is -1.03. The van der Waals surface area contributed by atoms with E-state index in [-0.39, 0.29) is 18.4 Å². The van der Waals surface area contributed by atoms with E-state index in [4.69, 9.17) is 9.47 Å². The number of benzene rings is 3. The first kappa shape index (κ1) is 21.9. The number of thioether (sulfide) groups is 1. The smallest absolute Gasteiger partial charge is 0.237 e. The summed E-state index contributed by atoms with van der Waals surface area (Å²) in [5, 5.41) is 11.2. The largest absolute Gasteiger partial charge is 0.454 e. The SMILES string of the molecule is C[C@H](Sc1nnc(-c2ccc3c(c2)OCO3)n1-c1ccccc1)C(=O)Nc1ccc(F)c(F)c1. The van der Waals surface area contributed by atoms with Crippen molar-refractivity contribution in [2.24, 2.45) is 0 Å². The molecule has 172 valence electrons. The molecule has 1 amide bonds. The van der Waals surface area contributed by atoms with E-state index in [9.17, 15) is 13.6 Å². The van der Waals surface area contributed by atoms with Crippen molar-refractivity contribution in [3.05, 3.63) is 78.4 Å². The molecule has 7 nitrogen and oxygen atoms in total. The number of anilines is 1. The zero-order chi connectivity index (χ0) is 23.7. The summed E-state index contributed by atoms with van der Waals surface area (Å²) in [6, 6.07) is 18.2. The summed E-state index contributed by atoms with van der Waals surface area (Å²) in [5.41, 5.74) is 1.75. The second kappa shape index (κ2) is 9.14. The van der Waals surface area contributed by atoms with Crippen LogP contribution in [0.25, 0.3) is 17.1 Å². The first-order valence-electron chi connectivity index (χ1n) is 10.3. The first-order chi connectivity index (χ1) is 16.5. The monoisotopic (exact) mass is 480 g/mol. The van der Waals surface area contributed by atoms with Gasteiger partial charge in [-0.25, -0.2) is 8.78 Å². The molecule has 1 aliphatic rings. The van der Waals surface area contributed by atoms with E-state index in [1.807, 2.05) is 53.1 Å². The highest BCUT2D eigenvalue weighted by atomic mass is 32.2. The van der Waals surface area contributed by atoms with Gasteiger partial charge in [-0.3, -0.25) is 9.36 Å². The number of hydrogen-bond acceptors (Lipinski definition) is 6. The normalized spacial score (nSPS) is 13.0. The van der Waals surface area contributed by atoms with Gasteiger partial charge in [-0.05, 0) is 49.4 Å². The fourth-order valence-corrected chi connectivity index (χ4v) is 4.28. The summed E-state index contributed by atoms with van der Waals surface area (Å²) in [4.78, 5) is 12.7. The number of halogens is 2. The lowest BCUT2D eigenvalue weighted by molar-refractivity contribution is -0.115. The van der Waals surface area contributed by atoms with Crippen LogP contribution in [0, 0.1) is 11.6 Å². The Morgan fingerprint density at radius 3 is 2.59 bits per heavy atom. The maximum atomic E-state index is 13.5. The molecule has 1 atom stereocenters. The van der Waals surface area contributed by atoms with Gasteiger partial charge in [-0.2, -0.15) is 0 Å². The number of amides is 1. The van der Waals surface area contributed by atoms with Crippen molar-refractivity contribution in [3.63, 3.8) is 0 Å². The molecule has 4 aromatic rings. The lowest BCUT2D eigenvalue weighted by Gasteiger charge is -2.14. The quantitative estimate of drug-likeness (QED) is 0.389. The molecule has 2 heterocycles. The van der Waals surface area contributed by atoms with Crippen molar-refractivity contribution in [3.8, 4) is 28.6 Å². The zero-order valence-electron chi connectivity index (χ0n) is 17.9. The van der Waals surface area contributed by atoms with Crippen molar-refractivity contribution >= 4 is 23.4 Å². The summed E-state index contributed by atoms with van der Waals surface area (Å²) in [6.07, 6.45) is 0. The molecule has 1 aliphatic heterocycles. The summed E-state index contributed by atoms with van der Waals surface area (Å²) in [5.74, 6) is -0.550. The number of hydrogen-bond donors (Lipinski definition) is 1. The summed E-state index contributed by atoms with van der Waals surface area (Å²) >= 11 is 1.19. The van der Waals surface area contributed by atoms with Crippen LogP contribution in [0.15, 0.2) is 71.9 Å². The second-order valence-electron chi connectivity index (χ2n) is 7.42. The van der Waals surface area contributed by atoms with Gasteiger partial charge in [0.2, 0.25) is 12.7 Å². The van der Waals surface area contributed by atoms with E-state index in [1.54, 1.807) is 6.92 Å². The van der Waals surface area contributed by atoms with Gasteiger partial charge in [0.05, 0.1) is 5.25 Å². The summed E-state index contributed by atoms with van der Waals surface area (Å²) in [7, 11) is 0. The van der Waals surface area contributed by atoms with Crippen molar-refractivity contribution in [2.75, 3.05) is 12.1 Å². The molecule has 0 radical (unpaired) electrons. The van der Waals surface area contributed by atoms with E-state index in [1.165, 1.54) is 17.8 Å². The number of carbonyl (C=O) groups is 1. The average Bonchev–Trinajstić information content (AvgIpc) is 3.48.